The Hall–Kier alpha value is -0.210. The van der Waals surface area contributed by atoms with Crippen molar-refractivity contribution < 1.29 is 46.8 Å². The monoisotopic (exact) mass is 456 g/mol. The van der Waals surface area contributed by atoms with Gasteiger partial charge >= 0.3 is 31.3 Å². The number of halogens is 6. The molecule has 0 spiro atoms. The second kappa shape index (κ2) is 12.3. The van der Waals surface area contributed by atoms with E-state index in [0.717, 1.165) is 0 Å². The lowest BCUT2D eigenvalue weighted by Gasteiger charge is -2.09. The molecule has 0 aliphatic heterocycles. The molecule has 0 N–H and O–H groups in total. The molecule has 0 amide bonds. The van der Waals surface area contributed by atoms with Crippen molar-refractivity contribution in [2.75, 3.05) is 11.5 Å². The molecule has 0 saturated carbocycles. The molecule has 0 aliphatic rings. The topological polar surface area (TPSA) is 77.5 Å². The largest absolute Gasteiger partial charge is 0.524 e. The van der Waals surface area contributed by atoms with Crippen LogP contribution in [-0.2, 0) is 23.9 Å². The molecule has 14 heteroatoms. The van der Waals surface area contributed by atoms with Crippen molar-refractivity contribution >= 4 is 32.0 Å². The summed E-state index contributed by atoms with van der Waals surface area (Å²) < 4.78 is 110. The number of hydrogen-bond donors (Lipinski definition) is 0. The van der Waals surface area contributed by atoms with E-state index in [0.29, 0.717) is 0 Å². The summed E-state index contributed by atoms with van der Waals surface area (Å²) >= 11 is 2.13. The zero-order valence-electron chi connectivity index (χ0n) is 14.2. The molecule has 0 atom stereocenters. The summed E-state index contributed by atoms with van der Waals surface area (Å²) in [6.45, 7) is 4.53. The first kappa shape index (κ1) is 28.0. The van der Waals surface area contributed by atoms with Gasteiger partial charge in [-0.1, -0.05) is 39.5 Å². The van der Waals surface area contributed by atoms with Crippen LogP contribution >= 0.6 is 11.8 Å². The molecule has 0 bridgehead atoms. The molecule has 0 aromatic carbocycles. The van der Waals surface area contributed by atoms with Gasteiger partial charge in [-0.2, -0.15) is 54.9 Å². The van der Waals surface area contributed by atoms with E-state index in [9.17, 15) is 43.2 Å². The van der Waals surface area contributed by atoms with Gasteiger partial charge in [0.05, 0.1) is 0 Å². The van der Waals surface area contributed by atoms with Crippen molar-refractivity contribution in [1.29, 1.82) is 0 Å². The molecule has 0 aromatic heterocycles. The Morgan fingerprint density at radius 1 is 0.692 bits per heavy atom. The van der Waals surface area contributed by atoms with Gasteiger partial charge in [0.25, 0.3) is 0 Å². The van der Waals surface area contributed by atoms with Crippen molar-refractivity contribution in [2.45, 2.75) is 63.4 Å². The Morgan fingerprint density at radius 2 is 1.00 bits per heavy atom. The maximum Gasteiger partial charge on any atom is 0.524 e. The van der Waals surface area contributed by atoms with Crippen molar-refractivity contribution in [3.8, 4) is 0 Å². The van der Waals surface area contributed by atoms with Crippen LogP contribution in [0.25, 0.3) is 0 Å². The van der Waals surface area contributed by atoms with Gasteiger partial charge in [-0.05, 0) is 24.3 Å². The molecule has 0 aliphatic carbocycles. The van der Waals surface area contributed by atoms with Crippen LogP contribution in [0.3, 0.4) is 0 Å². The molecule has 0 rings (SSSR count). The SMILES string of the molecule is CCCCCSCCCCC.O=S(=O)(OS(=O)(=O)C(F)(F)F)C(F)(F)F. The fourth-order valence-electron chi connectivity index (χ4n) is 1.21. The van der Waals surface area contributed by atoms with Gasteiger partial charge < -0.3 is 0 Å². The van der Waals surface area contributed by atoms with Crippen LogP contribution < -0.4 is 0 Å². The second-order valence-corrected chi connectivity index (χ2v) is 9.41. The molecule has 0 fully saturated rings. The fraction of sp³-hybridized carbons (Fsp3) is 1.00. The summed E-state index contributed by atoms with van der Waals surface area (Å²) in [5, 5.41) is 0. The summed E-state index contributed by atoms with van der Waals surface area (Å²) in [5.41, 5.74) is -12.5. The zero-order chi connectivity index (χ0) is 21.1. The average Bonchev–Trinajstić information content (AvgIpc) is 2.43. The average molecular weight is 456 g/mol. The quantitative estimate of drug-likeness (QED) is 0.267. The van der Waals surface area contributed by atoms with Gasteiger partial charge in [0.2, 0.25) is 0 Å². The number of thioether (sulfide) groups is 1. The summed E-state index contributed by atoms with van der Waals surface area (Å²) in [5.74, 6) is 2.77. The molecule has 0 heterocycles. The molecule has 0 radical (unpaired) electrons. The van der Waals surface area contributed by atoms with E-state index in [-0.39, 0.29) is 0 Å². The Morgan fingerprint density at radius 3 is 1.23 bits per heavy atom. The van der Waals surface area contributed by atoms with Gasteiger partial charge in [0, 0.05) is 0 Å². The van der Waals surface area contributed by atoms with Crippen LogP contribution in [0.2, 0.25) is 0 Å². The maximum atomic E-state index is 11.4. The fourth-order valence-corrected chi connectivity index (χ4v) is 3.79. The first-order chi connectivity index (χ1) is 11.6. The van der Waals surface area contributed by atoms with Crippen molar-refractivity contribution in [2.24, 2.45) is 0 Å². The van der Waals surface area contributed by atoms with Gasteiger partial charge in [-0.15, -0.1) is 3.63 Å². The molecule has 26 heavy (non-hydrogen) atoms. The first-order valence-electron chi connectivity index (χ1n) is 7.53. The number of alkyl halides is 6. The smallest absolute Gasteiger partial charge is 0.188 e. The van der Waals surface area contributed by atoms with E-state index in [1.165, 1.54) is 50.0 Å². The highest BCUT2D eigenvalue weighted by atomic mass is 32.3. The minimum atomic E-state index is -6.85. The molecular formula is C12H22F6O5S3. The molecular weight excluding hydrogens is 434 g/mol. The van der Waals surface area contributed by atoms with E-state index in [4.69, 9.17) is 0 Å². The normalized spacial score (nSPS) is 13.2. The Kier molecular flexibility index (Phi) is 13.2. The van der Waals surface area contributed by atoms with Gasteiger partial charge in [0.15, 0.2) is 0 Å². The third-order valence-electron chi connectivity index (χ3n) is 2.53. The molecule has 0 aromatic rings. The van der Waals surface area contributed by atoms with Crippen LogP contribution in [0.15, 0.2) is 0 Å². The Balaban J connectivity index is 0. The predicted molar refractivity (Wildman–Crippen MR) is 87.4 cm³/mol. The lowest BCUT2D eigenvalue weighted by atomic mass is 10.3. The first-order valence-corrected chi connectivity index (χ1v) is 11.5. The molecule has 0 saturated heterocycles. The molecule has 0 unspecified atom stereocenters. The lowest BCUT2D eigenvalue weighted by molar-refractivity contribution is -0.0585. The summed E-state index contributed by atoms with van der Waals surface area (Å²) in [6.07, 6.45) is 8.40. The second-order valence-electron chi connectivity index (χ2n) is 4.89. The van der Waals surface area contributed by atoms with Gasteiger partial charge in [0.1, 0.15) is 0 Å². The van der Waals surface area contributed by atoms with Crippen molar-refractivity contribution in [3.05, 3.63) is 0 Å². The van der Waals surface area contributed by atoms with Crippen LogP contribution in [0.4, 0.5) is 26.3 Å². The Labute approximate surface area is 154 Å². The zero-order valence-corrected chi connectivity index (χ0v) is 16.6. The maximum absolute atomic E-state index is 11.4. The number of hydrogen-bond acceptors (Lipinski definition) is 6. The lowest BCUT2D eigenvalue weighted by Crippen LogP contribution is -2.34. The Bertz CT molecular complexity index is 519. The predicted octanol–water partition coefficient (Wildman–Crippen LogP) is 4.80. The molecule has 5 nitrogen and oxygen atoms in total. The van der Waals surface area contributed by atoms with Crippen LogP contribution in [0, 0.1) is 0 Å². The highest BCUT2D eigenvalue weighted by Crippen LogP contribution is 2.32. The standard InChI is InChI=1S/C10H22S.C2F6O5S2/c1-3-5-7-9-11-10-8-6-4-2;3-1(4,5)14(9,10)13-15(11,12)2(6,7)8/h3-10H2,1-2H3;. The summed E-state index contributed by atoms with van der Waals surface area (Å²) in [6, 6.07) is 0. The van der Waals surface area contributed by atoms with E-state index in [1.54, 1.807) is 0 Å². The van der Waals surface area contributed by atoms with E-state index in [1.807, 2.05) is 3.63 Å². The number of unbranched alkanes of at least 4 members (excludes halogenated alkanes) is 4. The minimum absolute atomic E-state index is 1.36. The highest BCUT2D eigenvalue weighted by molar-refractivity contribution is 8.00. The summed E-state index contributed by atoms with van der Waals surface area (Å²) in [4.78, 5) is 0. The van der Waals surface area contributed by atoms with E-state index >= 15 is 0 Å². The van der Waals surface area contributed by atoms with Crippen LogP contribution in [0.1, 0.15) is 52.4 Å². The molecule has 160 valence electrons. The van der Waals surface area contributed by atoms with Crippen LogP contribution in [-0.4, -0.2) is 39.4 Å². The summed E-state index contributed by atoms with van der Waals surface area (Å²) in [7, 11) is -13.7. The van der Waals surface area contributed by atoms with Gasteiger partial charge in [-0.3, -0.25) is 0 Å². The highest BCUT2D eigenvalue weighted by Gasteiger charge is 2.57. The van der Waals surface area contributed by atoms with E-state index < -0.39 is 31.3 Å². The van der Waals surface area contributed by atoms with Crippen molar-refractivity contribution in [1.82, 2.24) is 0 Å². The van der Waals surface area contributed by atoms with Gasteiger partial charge in [-0.25, -0.2) is 0 Å². The van der Waals surface area contributed by atoms with Crippen molar-refractivity contribution in [3.63, 3.8) is 0 Å². The number of rotatable bonds is 10. The van der Waals surface area contributed by atoms with E-state index in [2.05, 4.69) is 25.6 Å². The third kappa shape index (κ3) is 12.2. The third-order valence-corrected chi connectivity index (χ3v) is 6.25. The minimum Gasteiger partial charge on any atom is -0.188 e. The van der Waals surface area contributed by atoms with Crippen LogP contribution in [0.5, 0.6) is 0 Å².